The Morgan fingerprint density at radius 1 is 1.00 bits per heavy atom. The molecule has 0 radical (unpaired) electrons. The molecule has 1 heterocycles. The molecule has 0 bridgehead atoms. The summed E-state index contributed by atoms with van der Waals surface area (Å²) in [5.74, 6) is -0.584. The minimum absolute atomic E-state index is 0.0903. The fourth-order valence-electron chi connectivity index (χ4n) is 4.82. The molecule has 208 valence electrons. The van der Waals surface area contributed by atoms with Crippen molar-refractivity contribution in [2.24, 2.45) is 0 Å². The largest absolute Gasteiger partial charge is 0.313 e. The van der Waals surface area contributed by atoms with Crippen LogP contribution in [0.15, 0.2) is 72.8 Å². The van der Waals surface area contributed by atoms with Crippen LogP contribution in [0.4, 0.5) is 0 Å². The summed E-state index contributed by atoms with van der Waals surface area (Å²) in [5.41, 5.74) is 4.38. The van der Waals surface area contributed by atoms with Crippen LogP contribution in [0.2, 0.25) is 0 Å². The lowest BCUT2D eigenvalue weighted by Crippen LogP contribution is -2.50. The van der Waals surface area contributed by atoms with Gasteiger partial charge in [0.15, 0.2) is 0 Å². The number of hydrogen-bond donors (Lipinski definition) is 3. The molecule has 0 spiro atoms. The topological polar surface area (TPSA) is 124 Å². The van der Waals surface area contributed by atoms with E-state index < -0.39 is 37.3 Å². The van der Waals surface area contributed by atoms with Gasteiger partial charge in [-0.2, -0.15) is 16.8 Å². The first-order valence-electron chi connectivity index (χ1n) is 12.5. The molecule has 1 aliphatic rings. The van der Waals surface area contributed by atoms with E-state index in [0.29, 0.717) is 32.6 Å². The van der Waals surface area contributed by atoms with Crippen LogP contribution in [0, 0.1) is 0 Å². The van der Waals surface area contributed by atoms with Crippen molar-refractivity contribution < 1.29 is 25.9 Å². The van der Waals surface area contributed by atoms with Crippen molar-refractivity contribution in [3.63, 3.8) is 0 Å². The van der Waals surface area contributed by atoms with E-state index in [-0.39, 0.29) is 12.8 Å². The lowest BCUT2D eigenvalue weighted by Gasteiger charge is -2.37. The first-order chi connectivity index (χ1) is 18.1. The molecule has 8 nitrogen and oxygen atoms in total. The normalized spacial score (nSPS) is 17.1. The van der Waals surface area contributed by atoms with E-state index in [4.69, 9.17) is 0 Å². The summed E-state index contributed by atoms with van der Waals surface area (Å²) in [6, 6.07) is 19.0. The quantitative estimate of drug-likeness (QED) is 0.118. The van der Waals surface area contributed by atoms with E-state index in [1.54, 1.807) is 0 Å². The van der Waals surface area contributed by atoms with Gasteiger partial charge in [-0.05, 0) is 48.1 Å². The maximum atomic E-state index is 12.5. The van der Waals surface area contributed by atoms with Gasteiger partial charge in [0.1, 0.15) is 5.25 Å². The Bertz CT molecular complexity index is 1300. The summed E-state index contributed by atoms with van der Waals surface area (Å²) in [6.45, 7) is 1.74. The van der Waals surface area contributed by atoms with Crippen LogP contribution in [-0.4, -0.2) is 78.5 Å². The fraction of sp³-hybridized carbons (Fsp3) is 0.407. The van der Waals surface area contributed by atoms with Crippen LogP contribution in [0.5, 0.6) is 0 Å². The van der Waals surface area contributed by atoms with Gasteiger partial charge >= 0.3 is 0 Å². The third-order valence-electron chi connectivity index (χ3n) is 6.73. The highest BCUT2D eigenvalue weighted by atomic mass is 127. The molecule has 0 saturated heterocycles. The lowest BCUT2D eigenvalue weighted by molar-refractivity contribution is 0.195. The molecule has 3 rings (SSSR count). The number of nitrogens with zero attached hydrogens (tertiary/aromatic N) is 1. The number of hydrogen-bond acceptors (Lipinski definition) is 6. The average Bonchev–Trinajstić information content (AvgIpc) is 2.89. The van der Waals surface area contributed by atoms with Gasteiger partial charge in [0, 0.05) is 30.1 Å². The summed E-state index contributed by atoms with van der Waals surface area (Å²) in [4.78, 5) is 1.89. The SMILES string of the molecule is O=S(=O)(O)CCC(C(CCNC/C(=C\CI)c1ccccc1)S(=O)(=O)O)N1CC=C(c2ccccc2)CC1. The van der Waals surface area contributed by atoms with E-state index in [9.17, 15) is 25.9 Å². The third kappa shape index (κ3) is 9.85. The maximum absolute atomic E-state index is 12.5. The summed E-state index contributed by atoms with van der Waals surface area (Å²) >= 11 is 2.27. The highest BCUT2D eigenvalue weighted by molar-refractivity contribution is 14.1. The molecular weight excluding hydrogens is 639 g/mol. The standard InChI is InChI=1S/C27H35IN2O6S2/c28-16-11-25(23-9-5-2-6-10-23)21-29-17-12-27(38(34,35)36)26(15-20-37(31,32)33)30-18-13-24(14-19-30)22-7-3-1-4-8-22/h1-11,13,26-27,29H,12,14-21H2,(H,31,32,33)(H,34,35,36)/b25-11+. The first-order valence-corrected chi connectivity index (χ1v) is 17.1. The van der Waals surface area contributed by atoms with Crippen molar-refractivity contribution in [3.05, 3.63) is 83.9 Å². The second kappa shape index (κ2) is 14.7. The number of nitrogens with one attached hydrogen (secondary N) is 1. The number of halogens is 1. The summed E-state index contributed by atoms with van der Waals surface area (Å²) in [6.07, 6.45) is 4.75. The number of allylic oxidation sites excluding steroid dienone is 1. The zero-order chi connectivity index (χ0) is 27.6. The van der Waals surface area contributed by atoms with Gasteiger partial charge in [-0.15, -0.1) is 0 Å². The zero-order valence-electron chi connectivity index (χ0n) is 21.1. The van der Waals surface area contributed by atoms with E-state index >= 15 is 0 Å². The summed E-state index contributed by atoms with van der Waals surface area (Å²) in [7, 11) is -8.81. The molecule has 11 heteroatoms. The van der Waals surface area contributed by atoms with E-state index in [2.05, 4.69) is 34.0 Å². The van der Waals surface area contributed by atoms with Crippen molar-refractivity contribution in [1.29, 1.82) is 0 Å². The molecular formula is C27H35IN2O6S2. The Hall–Kier alpha value is -1.61. The van der Waals surface area contributed by atoms with Gasteiger partial charge in [-0.25, -0.2) is 0 Å². The second-order valence-electron chi connectivity index (χ2n) is 9.25. The minimum Gasteiger partial charge on any atom is -0.313 e. The second-order valence-corrected chi connectivity index (χ2v) is 13.3. The monoisotopic (exact) mass is 674 g/mol. The number of rotatable bonds is 14. The molecule has 2 aromatic carbocycles. The van der Waals surface area contributed by atoms with Gasteiger partial charge in [-0.3, -0.25) is 14.0 Å². The Balaban J connectivity index is 1.73. The van der Waals surface area contributed by atoms with Crippen molar-refractivity contribution in [2.75, 3.05) is 36.4 Å². The number of alkyl halides is 1. The zero-order valence-corrected chi connectivity index (χ0v) is 24.9. The van der Waals surface area contributed by atoms with Crippen LogP contribution in [-0.2, 0) is 20.2 Å². The van der Waals surface area contributed by atoms with Crippen LogP contribution in [0.3, 0.4) is 0 Å². The molecule has 2 unspecified atom stereocenters. The van der Waals surface area contributed by atoms with Crippen molar-refractivity contribution >= 4 is 54.0 Å². The molecule has 0 aromatic heterocycles. The Labute approximate surface area is 239 Å². The van der Waals surface area contributed by atoms with Gasteiger partial charge in [0.05, 0.1) is 5.75 Å². The van der Waals surface area contributed by atoms with Gasteiger partial charge in [0.25, 0.3) is 20.2 Å². The minimum atomic E-state index is -4.50. The molecule has 2 aromatic rings. The third-order valence-corrected chi connectivity index (χ3v) is 9.23. The molecule has 0 fully saturated rings. The highest BCUT2D eigenvalue weighted by Crippen LogP contribution is 2.27. The lowest BCUT2D eigenvalue weighted by atomic mass is 9.97. The molecule has 0 amide bonds. The summed E-state index contributed by atoms with van der Waals surface area (Å²) < 4.78 is 68.6. The van der Waals surface area contributed by atoms with E-state index in [1.807, 2.05) is 71.6 Å². The predicted octanol–water partition coefficient (Wildman–Crippen LogP) is 4.18. The Kier molecular flexibility index (Phi) is 11.9. The first kappa shape index (κ1) is 30.9. The smallest absolute Gasteiger partial charge is 0.269 e. The highest BCUT2D eigenvalue weighted by Gasteiger charge is 2.37. The van der Waals surface area contributed by atoms with Crippen LogP contribution in [0.1, 0.15) is 30.4 Å². The van der Waals surface area contributed by atoms with Crippen LogP contribution < -0.4 is 5.32 Å². The average molecular weight is 675 g/mol. The van der Waals surface area contributed by atoms with Crippen LogP contribution in [0.25, 0.3) is 11.1 Å². The Morgan fingerprint density at radius 3 is 2.21 bits per heavy atom. The summed E-state index contributed by atoms with van der Waals surface area (Å²) in [5, 5.41) is 2.07. The molecule has 0 saturated carbocycles. The fourth-order valence-corrected chi connectivity index (χ4v) is 7.01. The molecule has 38 heavy (non-hydrogen) atoms. The van der Waals surface area contributed by atoms with Crippen molar-refractivity contribution in [1.82, 2.24) is 10.2 Å². The van der Waals surface area contributed by atoms with Crippen LogP contribution >= 0.6 is 22.6 Å². The number of benzene rings is 2. The van der Waals surface area contributed by atoms with Gasteiger partial charge < -0.3 is 5.32 Å². The van der Waals surface area contributed by atoms with Gasteiger partial charge in [0.2, 0.25) is 0 Å². The van der Waals surface area contributed by atoms with E-state index in [0.717, 1.165) is 26.7 Å². The van der Waals surface area contributed by atoms with E-state index in [1.165, 1.54) is 0 Å². The Morgan fingerprint density at radius 2 is 1.66 bits per heavy atom. The molecule has 0 aliphatic carbocycles. The predicted molar refractivity (Wildman–Crippen MR) is 162 cm³/mol. The molecule has 1 aliphatic heterocycles. The molecule has 3 N–H and O–H groups in total. The molecule has 2 atom stereocenters. The van der Waals surface area contributed by atoms with Crippen molar-refractivity contribution in [2.45, 2.75) is 30.6 Å². The van der Waals surface area contributed by atoms with Crippen molar-refractivity contribution in [3.8, 4) is 0 Å². The maximum Gasteiger partial charge on any atom is 0.269 e. The van der Waals surface area contributed by atoms with Gasteiger partial charge in [-0.1, -0.05) is 95.4 Å².